The first-order chi connectivity index (χ1) is 10.6. The number of carbonyl (C=O) groups excluding carboxylic acids is 2. The molecule has 0 spiro atoms. The van der Waals surface area contributed by atoms with Crippen LogP contribution in [0.25, 0.3) is 11.1 Å². The fourth-order valence-corrected chi connectivity index (χ4v) is 2.80. The van der Waals surface area contributed by atoms with Gasteiger partial charge < -0.3 is 19.6 Å². The van der Waals surface area contributed by atoms with E-state index in [0.29, 0.717) is 24.1 Å². The van der Waals surface area contributed by atoms with Crippen molar-refractivity contribution in [1.29, 1.82) is 0 Å². The van der Waals surface area contributed by atoms with Gasteiger partial charge in [0.1, 0.15) is 0 Å². The van der Waals surface area contributed by atoms with Crippen molar-refractivity contribution in [1.82, 2.24) is 15.2 Å². The summed E-state index contributed by atoms with van der Waals surface area (Å²) in [5, 5.41) is 2.76. The van der Waals surface area contributed by atoms with Gasteiger partial charge in [0.25, 0.3) is 10.7 Å². The lowest BCUT2D eigenvalue weighted by molar-refractivity contribution is -0.129. The zero-order valence-electron chi connectivity index (χ0n) is 12.1. The molecule has 0 saturated carbocycles. The van der Waals surface area contributed by atoms with Crippen molar-refractivity contribution in [2.75, 3.05) is 19.6 Å². The van der Waals surface area contributed by atoms with Gasteiger partial charge in [-0.1, -0.05) is 0 Å². The molecule has 2 amide bonds. The standard InChI is InChI=1S/C15H17N3O3S/c19-13(18-7-1-2-8-18)5-6-16-14(20)10-3-4-11-12(9-10)21-15(22)17-11/h3-4,9H,1-2,5-8H2,(H,16,20)(H,17,22). The summed E-state index contributed by atoms with van der Waals surface area (Å²) in [5.74, 6) is -0.122. The van der Waals surface area contributed by atoms with Crippen LogP contribution in [0.15, 0.2) is 22.6 Å². The van der Waals surface area contributed by atoms with E-state index in [4.69, 9.17) is 16.6 Å². The molecule has 0 radical (unpaired) electrons. The Morgan fingerprint density at radius 3 is 2.86 bits per heavy atom. The molecule has 1 saturated heterocycles. The van der Waals surface area contributed by atoms with Gasteiger partial charge in [-0.05, 0) is 43.3 Å². The Morgan fingerprint density at radius 1 is 1.32 bits per heavy atom. The maximum absolute atomic E-state index is 12.1. The van der Waals surface area contributed by atoms with Gasteiger partial charge in [0.05, 0.1) is 5.52 Å². The largest absolute Gasteiger partial charge is 0.429 e. The Labute approximate surface area is 132 Å². The molecule has 0 atom stereocenters. The summed E-state index contributed by atoms with van der Waals surface area (Å²) in [6, 6.07) is 5.08. The van der Waals surface area contributed by atoms with E-state index in [1.807, 2.05) is 4.90 Å². The number of H-pyrrole nitrogens is 1. The lowest BCUT2D eigenvalue weighted by Crippen LogP contribution is -2.32. The molecule has 6 nitrogen and oxygen atoms in total. The number of likely N-dealkylation sites (tertiary alicyclic amines) is 1. The molecule has 22 heavy (non-hydrogen) atoms. The third-order valence-electron chi connectivity index (χ3n) is 3.77. The average Bonchev–Trinajstić information content (AvgIpc) is 3.14. The van der Waals surface area contributed by atoms with Gasteiger partial charge in [0.15, 0.2) is 5.58 Å². The smallest absolute Gasteiger partial charge is 0.266 e. The number of benzene rings is 1. The molecule has 3 rings (SSSR count). The van der Waals surface area contributed by atoms with Crippen molar-refractivity contribution < 1.29 is 14.0 Å². The number of nitrogens with zero attached hydrogens (tertiary/aromatic N) is 1. The first-order valence-electron chi connectivity index (χ1n) is 7.32. The van der Waals surface area contributed by atoms with Crippen LogP contribution >= 0.6 is 12.2 Å². The summed E-state index contributed by atoms with van der Waals surface area (Å²) < 4.78 is 5.29. The van der Waals surface area contributed by atoms with Crippen molar-refractivity contribution >= 4 is 35.1 Å². The summed E-state index contributed by atoms with van der Waals surface area (Å²) in [6.07, 6.45) is 2.48. The number of nitrogens with one attached hydrogen (secondary N) is 2. The summed E-state index contributed by atoms with van der Waals surface area (Å²) in [7, 11) is 0. The first kappa shape index (κ1) is 14.8. The molecule has 116 valence electrons. The number of rotatable bonds is 4. The van der Waals surface area contributed by atoms with E-state index in [-0.39, 0.29) is 16.7 Å². The van der Waals surface area contributed by atoms with Gasteiger partial charge in [-0.2, -0.15) is 0 Å². The fourth-order valence-electron chi connectivity index (χ4n) is 2.60. The Bertz CT molecular complexity index is 759. The number of hydrogen-bond donors (Lipinski definition) is 2. The van der Waals surface area contributed by atoms with Gasteiger partial charge in [0.2, 0.25) is 5.91 Å². The summed E-state index contributed by atoms with van der Waals surface area (Å²) >= 11 is 4.91. The molecule has 1 fully saturated rings. The lowest BCUT2D eigenvalue weighted by atomic mass is 10.2. The average molecular weight is 319 g/mol. The van der Waals surface area contributed by atoms with E-state index in [9.17, 15) is 9.59 Å². The number of hydrogen-bond acceptors (Lipinski definition) is 4. The van der Waals surface area contributed by atoms with Crippen molar-refractivity contribution in [2.24, 2.45) is 0 Å². The Hall–Kier alpha value is -2.15. The lowest BCUT2D eigenvalue weighted by Gasteiger charge is -2.15. The minimum Gasteiger partial charge on any atom is -0.429 e. The predicted molar refractivity (Wildman–Crippen MR) is 84.2 cm³/mol. The molecular formula is C15H17N3O3S. The number of fused-ring (bicyclic) bond motifs is 1. The highest BCUT2D eigenvalue weighted by Gasteiger charge is 2.17. The molecule has 1 aromatic carbocycles. The van der Waals surface area contributed by atoms with Crippen LogP contribution in [-0.2, 0) is 4.79 Å². The second-order valence-corrected chi connectivity index (χ2v) is 5.69. The van der Waals surface area contributed by atoms with Crippen LogP contribution in [-0.4, -0.2) is 41.3 Å². The quantitative estimate of drug-likeness (QED) is 0.847. The summed E-state index contributed by atoms with van der Waals surface area (Å²) in [4.78, 5) is 29.0. The van der Waals surface area contributed by atoms with Crippen LogP contribution in [0, 0.1) is 4.84 Å². The zero-order valence-corrected chi connectivity index (χ0v) is 12.9. The van der Waals surface area contributed by atoms with Crippen LogP contribution < -0.4 is 5.32 Å². The van der Waals surface area contributed by atoms with Crippen LogP contribution in [0.1, 0.15) is 29.6 Å². The molecule has 2 heterocycles. The van der Waals surface area contributed by atoms with Crippen LogP contribution in [0.2, 0.25) is 0 Å². The monoisotopic (exact) mass is 319 g/mol. The normalized spacial score (nSPS) is 14.5. The predicted octanol–water partition coefficient (Wildman–Crippen LogP) is 2.23. The van der Waals surface area contributed by atoms with Gasteiger partial charge in [-0.25, -0.2) is 0 Å². The molecule has 0 aliphatic carbocycles. The van der Waals surface area contributed by atoms with E-state index in [2.05, 4.69) is 10.3 Å². The van der Waals surface area contributed by atoms with E-state index in [0.717, 1.165) is 31.4 Å². The molecule has 2 aromatic rings. The highest BCUT2D eigenvalue weighted by molar-refractivity contribution is 7.71. The minimum atomic E-state index is -0.224. The third-order valence-corrected chi connectivity index (χ3v) is 3.95. The Morgan fingerprint density at radius 2 is 2.09 bits per heavy atom. The second kappa shape index (κ2) is 6.31. The van der Waals surface area contributed by atoms with E-state index < -0.39 is 0 Å². The molecule has 7 heteroatoms. The van der Waals surface area contributed by atoms with Crippen LogP contribution in [0.3, 0.4) is 0 Å². The molecule has 1 aromatic heterocycles. The van der Waals surface area contributed by atoms with Gasteiger partial charge in [-0.15, -0.1) is 0 Å². The summed E-state index contributed by atoms with van der Waals surface area (Å²) in [6.45, 7) is 2.01. The number of carbonyl (C=O) groups is 2. The first-order valence-corrected chi connectivity index (χ1v) is 7.73. The number of oxazole rings is 1. The molecule has 1 aliphatic heterocycles. The third kappa shape index (κ3) is 3.19. The van der Waals surface area contributed by atoms with Gasteiger partial charge in [-0.3, -0.25) is 9.59 Å². The minimum absolute atomic E-state index is 0.102. The van der Waals surface area contributed by atoms with E-state index in [1.165, 1.54) is 0 Å². The van der Waals surface area contributed by atoms with Crippen LogP contribution in [0.5, 0.6) is 0 Å². The molecule has 0 unspecified atom stereocenters. The molecule has 0 bridgehead atoms. The molecule has 2 N–H and O–H groups in total. The summed E-state index contributed by atoms with van der Waals surface area (Å²) in [5.41, 5.74) is 1.79. The fraction of sp³-hybridized carbons (Fsp3) is 0.400. The molecule has 1 aliphatic rings. The van der Waals surface area contributed by atoms with Crippen LogP contribution in [0.4, 0.5) is 0 Å². The zero-order chi connectivity index (χ0) is 15.5. The van der Waals surface area contributed by atoms with Gasteiger partial charge >= 0.3 is 0 Å². The highest BCUT2D eigenvalue weighted by Crippen LogP contribution is 2.15. The number of amides is 2. The van der Waals surface area contributed by atoms with Crippen molar-refractivity contribution in [3.63, 3.8) is 0 Å². The number of aromatic amines is 1. The highest BCUT2D eigenvalue weighted by atomic mass is 32.1. The second-order valence-electron chi connectivity index (χ2n) is 5.32. The Kier molecular flexibility index (Phi) is 4.24. The Balaban J connectivity index is 1.56. The maximum atomic E-state index is 12.1. The van der Waals surface area contributed by atoms with Gasteiger partial charge in [0, 0.05) is 31.6 Å². The van der Waals surface area contributed by atoms with Crippen molar-refractivity contribution in [3.05, 3.63) is 28.6 Å². The van der Waals surface area contributed by atoms with E-state index in [1.54, 1.807) is 18.2 Å². The number of aromatic nitrogens is 1. The topological polar surface area (TPSA) is 78.3 Å². The van der Waals surface area contributed by atoms with Crippen molar-refractivity contribution in [3.8, 4) is 0 Å². The van der Waals surface area contributed by atoms with E-state index >= 15 is 0 Å². The molecular weight excluding hydrogens is 302 g/mol. The van der Waals surface area contributed by atoms with Crippen molar-refractivity contribution in [2.45, 2.75) is 19.3 Å². The SMILES string of the molecule is O=C(NCCC(=O)N1CCCC1)c1ccc2[nH]c(=S)oc2c1. The maximum Gasteiger partial charge on any atom is 0.266 e.